The Kier molecular flexibility index (Phi) is 4.74. The molecule has 0 bridgehead atoms. The number of thioether (sulfide) groups is 1. The van der Waals surface area contributed by atoms with Gasteiger partial charge in [-0.25, -0.2) is 0 Å². The molecule has 0 aliphatic carbocycles. The third kappa shape index (κ3) is 4.47. The first-order valence-electron chi connectivity index (χ1n) is 4.87. The van der Waals surface area contributed by atoms with Crippen LogP contribution in [0.5, 0.6) is 0 Å². The highest BCUT2D eigenvalue weighted by Crippen LogP contribution is 2.10. The third-order valence-electron chi connectivity index (χ3n) is 2.00. The first-order valence-corrected chi connectivity index (χ1v) is 5.86. The molecule has 1 nitrogen and oxygen atoms in total. The fourth-order valence-electron chi connectivity index (χ4n) is 1.36. The highest BCUT2D eigenvalue weighted by Gasteiger charge is 1.96. The topological polar surface area (TPSA) is 17.1 Å². The molecule has 0 spiro atoms. The Labute approximate surface area is 89.9 Å². The molecule has 14 heavy (non-hydrogen) atoms. The maximum Gasteiger partial charge on any atom is 0.185 e. The lowest BCUT2D eigenvalue weighted by molar-refractivity contribution is -0.109. The molecule has 2 heteroatoms. The minimum absolute atomic E-state index is 0.217. The van der Waals surface area contributed by atoms with Crippen LogP contribution in [0.25, 0.3) is 0 Å². The number of rotatable bonds is 4. The summed E-state index contributed by atoms with van der Waals surface area (Å²) in [6, 6.07) is 8.54. The van der Waals surface area contributed by atoms with Gasteiger partial charge in [0.25, 0.3) is 0 Å². The predicted octanol–water partition coefficient (Wildman–Crippen LogP) is 3.21. The molecule has 0 atom stereocenters. The molecular formula is C12H16OS. The molecule has 0 radical (unpaired) electrons. The Hall–Kier alpha value is -0.760. The third-order valence-corrected chi connectivity index (χ3v) is 2.90. The lowest BCUT2D eigenvalue weighted by Crippen LogP contribution is -1.91. The van der Waals surface area contributed by atoms with Gasteiger partial charge in [0.15, 0.2) is 5.12 Å². The largest absolute Gasteiger partial charge is 0.288 e. The van der Waals surface area contributed by atoms with E-state index in [1.54, 1.807) is 6.92 Å². The van der Waals surface area contributed by atoms with Gasteiger partial charge in [0.1, 0.15) is 0 Å². The van der Waals surface area contributed by atoms with E-state index in [0.29, 0.717) is 0 Å². The summed E-state index contributed by atoms with van der Waals surface area (Å²) < 4.78 is 0. The molecule has 0 saturated heterocycles. The van der Waals surface area contributed by atoms with Crippen molar-refractivity contribution in [1.82, 2.24) is 0 Å². The Bertz CT molecular complexity index is 307. The summed E-state index contributed by atoms with van der Waals surface area (Å²) >= 11 is 1.42. The van der Waals surface area contributed by atoms with Gasteiger partial charge in [-0.1, -0.05) is 41.6 Å². The van der Waals surface area contributed by atoms with Crippen LogP contribution in [0.2, 0.25) is 0 Å². The Morgan fingerprint density at radius 2 is 2.21 bits per heavy atom. The zero-order valence-corrected chi connectivity index (χ0v) is 9.56. The van der Waals surface area contributed by atoms with Crippen molar-refractivity contribution in [3.05, 3.63) is 35.4 Å². The van der Waals surface area contributed by atoms with Crippen molar-refractivity contribution in [2.75, 3.05) is 5.75 Å². The number of aryl methyl sites for hydroxylation is 2. The van der Waals surface area contributed by atoms with Crippen molar-refractivity contribution in [2.45, 2.75) is 26.7 Å². The van der Waals surface area contributed by atoms with Crippen molar-refractivity contribution in [3.8, 4) is 0 Å². The molecule has 1 aromatic carbocycles. The predicted molar refractivity (Wildman–Crippen MR) is 62.6 cm³/mol. The first-order chi connectivity index (χ1) is 6.68. The van der Waals surface area contributed by atoms with Crippen molar-refractivity contribution >= 4 is 16.9 Å². The molecule has 0 saturated carbocycles. The number of hydrogen-bond donors (Lipinski definition) is 0. The molecule has 0 heterocycles. The molecule has 76 valence electrons. The van der Waals surface area contributed by atoms with Gasteiger partial charge in [-0.05, 0) is 25.3 Å². The van der Waals surface area contributed by atoms with Crippen molar-refractivity contribution < 1.29 is 4.79 Å². The SMILES string of the molecule is CC(=O)SCCCc1cccc(C)c1. The second kappa shape index (κ2) is 5.86. The summed E-state index contributed by atoms with van der Waals surface area (Å²) in [5.41, 5.74) is 2.68. The van der Waals surface area contributed by atoms with E-state index in [0.717, 1.165) is 18.6 Å². The van der Waals surface area contributed by atoms with Crippen LogP contribution in [-0.4, -0.2) is 10.9 Å². The van der Waals surface area contributed by atoms with Gasteiger partial charge >= 0.3 is 0 Å². The Balaban J connectivity index is 2.28. The van der Waals surface area contributed by atoms with Crippen molar-refractivity contribution in [3.63, 3.8) is 0 Å². The summed E-state index contributed by atoms with van der Waals surface area (Å²) in [5.74, 6) is 0.934. The van der Waals surface area contributed by atoms with E-state index in [-0.39, 0.29) is 5.12 Å². The van der Waals surface area contributed by atoms with Gasteiger partial charge in [0, 0.05) is 12.7 Å². The fourth-order valence-corrected chi connectivity index (χ4v) is 1.94. The van der Waals surface area contributed by atoms with Crippen LogP contribution in [0.15, 0.2) is 24.3 Å². The van der Waals surface area contributed by atoms with Gasteiger partial charge in [-0.2, -0.15) is 0 Å². The van der Waals surface area contributed by atoms with Crippen molar-refractivity contribution in [1.29, 1.82) is 0 Å². The first kappa shape index (κ1) is 11.3. The number of benzene rings is 1. The zero-order chi connectivity index (χ0) is 10.4. The quantitative estimate of drug-likeness (QED) is 0.707. The Morgan fingerprint density at radius 3 is 2.86 bits per heavy atom. The molecule has 0 aliphatic rings. The van der Waals surface area contributed by atoms with Crippen LogP contribution in [0.1, 0.15) is 24.5 Å². The molecule has 0 aromatic heterocycles. The van der Waals surface area contributed by atoms with E-state index in [4.69, 9.17) is 0 Å². The zero-order valence-electron chi connectivity index (χ0n) is 8.75. The lowest BCUT2D eigenvalue weighted by atomic mass is 10.1. The standard InChI is InChI=1S/C12H16OS/c1-10-5-3-6-12(9-10)7-4-8-14-11(2)13/h3,5-6,9H,4,7-8H2,1-2H3. The minimum Gasteiger partial charge on any atom is -0.288 e. The highest BCUT2D eigenvalue weighted by molar-refractivity contribution is 8.13. The minimum atomic E-state index is 0.217. The second-order valence-electron chi connectivity index (χ2n) is 3.43. The van der Waals surface area contributed by atoms with Gasteiger partial charge in [0.2, 0.25) is 0 Å². The summed E-state index contributed by atoms with van der Waals surface area (Å²) in [5, 5.41) is 0.217. The van der Waals surface area contributed by atoms with Gasteiger partial charge in [0.05, 0.1) is 0 Å². The van der Waals surface area contributed by atoms with E-state index in [1.807, 2.05) is 0 Å². The van der Waals surface area contributed by atoms with Crippen LogP contribution in [-0.2, 0) is 11.2 Å². The van der Waals surface area contributed by atoms with E-state index in [9.17, 15) is 4.79 Å². The average molecular weight is 208 g/mol. The van der Waals surface area contributed by atoms with Crippen molar-refractivity contribution in [2.24, 2.45) is 0 Å². The summed E-state index contributed by atoms with van der Waals surface area (Å²) in [7, 11) is 0. The van der Waals surface area contributed by atoms with E-state index in [1.165, 1.54) is 22.9 Å². The summed E-state index contributed by atoms with van der Waals surface area (Å²) in [6.07, 6.45) is 2.15. The summed E-state index contributed by atoms with van der Waals surface area (Å²) in [4.78, 5) is 10.7. The monoisotopic (exact) mass is 208 g/mol. The molecule has 0 amide bonds. The van der Waals surface area contributed by atoms with Crippen LogP contribution < -0.4 is 0 Å². The van der Waals surface area contributed by atoms with Crippen LogP contribution in [0.3, 0.4) is 0 Å². The van der Waals surface area contributed by atoms with E-state index < -0.39 is 0 Å². The molecule has 1 rings (SSSR count). The molecule has 1 aromatic rings. The van der Waals surface area contributed by atoms with Gasteiger partial charge in [-0.3, -0.25) is 4.79 Å². The lowest BCUT2D eigenvalue weighted by Gasteiger charge is -2.01. The van der Waals surface area contributed by atoms with Crippen LogP contribution in [0.4, 0.5) is 0 Å². The number of carbonyl (C=O) groups excluding carboxylic acids is 1. The fraction of sp³-hybridized carbons (Fsp3) is 0.417. The molecule has 0 N–H and O–H groups in total. The van der Waals surface area contributed by atoms with E-state index in [2.05, 4.69) is 31.2 Å². The van der Waals surface area contributed by atoms with Crippen LogP contribution in [0, 0.1) is 6.92 Å². The maximum atomic E-state index is 10.7. The Morgan fingerprint density at radius 1 is 1.43 bits per heavy atom. The van der Waals surface area contributed by atoms with Gasteiger partial charge < -0.3 is 0 Å². The maximum absolute atomic E-state index is 10.7. The molecule has 0 fully saturated rings. The summed E-state index contributed by atoms with van der Waals surface area (Å²) in [6.45, 7) is 3.73. The second-order valence-corrected chi connectivity index (χ2v) is 4.70. The highest BCUT2D eigenvalue weighted by atomic mass is 32.2. The number of carbonyl (C=O) groups is 1. The normalized spacial score (nSPS) is 10.1. The number of hydrogen-bond acceptors (Lipinski definition) is 2. The van der Waals surface area contributed by atoms with Gasteiger partial charge in [-0.15, -0.1) is 0 Å². The molecule has 0 aliphatic heterocycles. The molecule has 0 unspecified atom stereocenters. The van der Waals surface area contributed by atoms with E-state index >= 15 is 0 Å². The van der Waals surface area contributed by atoms with Crippen LogP contribution >= 0.6 is 11.8 Å². The molecular weight excluding hydrogens is 192 g/mol. The average Bonchev–Trinajstić information content (AvgIpc) is 2.12. The smallest absolute Gasteiger partial charge is 0.185 e.